The molecule has 0 aliphatic heterocycles. The highest BCUT2D eigenvalue weighted by molar-refractivity contribution is 6.41. The molecule has 130 valence electrons. The van der Waals surface area contributed by atoms with E-state index in [1.807, 2.05) is 35.9 Å². The molecule has 1 heterocycles. The van der Waals surface area contributed by atoms with E-state index in [4.69, 9.17) is 23.2 Å². The van der Waals surface area contributed by atoms with Gasteiger partial charge in [-0.2, -0.15) is 0 Å². The Morgan fingerprint density at radius 3 is 2.50 bits per heavy atom. The van der Waals surface area contributed by atoms with Gasteiger partial charge in [0.1, 0.15) is 5.15 Å². The maximum atomic E-state index is 6.07. The standard InChI is InChI=1S/C17H23Cl2N5/c1-20-17(23-12-14-11-15(18)16(19)24(14)2)22-10-6-9-21-13-7-4-3-5-8-13/h3-5,7-8,11,21H,6,9-10,12H2,1-2H3,(H2,20,22,23). The first-order valence-corrected chi connectivity index (χ1v) is 8.60. The Labute approximate surface area is 153 Å². The molecule has 3 N–H and O–H groups in total. The van der Waals surface area contributed by atoms with E-state index in [1.54, 1.807) is 7.05 Å². The first-order chi connectivity index (χ1) is 11.6. The van der Waals surface area contributed by atoms with E-state index in [0.717, 1.165) is 36.9 Å². The first-order valence-electron chi connectivity index (χ1n) is 7.85. The molecule has 0 radical (unpaired) electrons. The molecule has 24 heavy (non-hydrogen) atoms. The van der Waals surface area contributed by atoms with Crippen molar-refractivity contribution in [3.05, 3.63) is 52.3 Å². The van der Waals surface area contributed by atoms with Crippen LogP contribution < -0.4 is 16.0 Å². The van der Waals surface area contributed by atoms with Gasteiger partial charge in [0.05, 0.1) is 11.6 Å². The van der Waals surface area contributed by atoms with Gasteiger partial charge >= 0.3 is 0 Å². The van der Waals surface area contributed by atoms with Crippen LogP contribution >= 0.6 is 23.2 Å². The second-order valence-corrected chi connectivity index (χ2v) is 6.10. The normalized spacial score (nSPS) is 11.4. The van der Waals surface area contributed by atoms with Gasteiger partial charge in [-0.05, 0) is 24.6 Å². The molecule has 7 heteroatoms. The van der Waals surface area contributed by atoms with Crippen LogP contribution in [0.2, 0.25) is 10.2 Å². The predicted octanol–water partition coefficient (Wildman–Crippen LogP) is 3.50. The van der Waals surface area contributed by atoms with Crippen LogP contribution in [-0.2, 0) is 13.6 Å². The Morgan fingerprint density at radius 1 is 1.12 bits per heavy atom. The summed E-state index contributed by atoms with van der Waals surface area (Å²) in [7, 11) is 3.64. The number of rotatable bonds is 7. The number of guanidine groups is 1. The average molecular weight is 368 g/mol. The van der Waals surface area contributed by atoms with Crippen molar-refractivity contribution in [3.8, 4) is 0 Å². The van der Waals surface area contributed by atoms with Crippen LogP contribution in [0.5, 0.6) is 0 Å². The number of nitrogens with one attached hydrogen (secondary N) is 3. The van der Waals surface area contributed by atoms with Gasteiger partial charge in [0, 0.05) is 38.6 Å². The summed E-state index contributed by atoms with van der Waals surface area (Å²) in [5.74, 6) is 0.753. The molecule has 0 amide bonds. The lowest BCUT2D eigenvalue weighted by molar-refractivity contribution is 0.734. The average Bonchev–Trinajstić information content (AvgIpc) is 2.85. The third kappa shape index (κ3) is 5.35. The maximum absolute atomic E-state index is 6.07. The summed E-state index contributed by atoms with van der Waals surface area (Å²) in [6.45, 7) is 2.33. The zero-order valence-corrected chi connectivity index (χ0v) is 15.5. The van der Waals surface area contributed by atoms with Crippen molar-refractivity contribution in [2.75, 3.05) is 25.5 Å². The summed E-state index contributed by atoms with van der Waals surface area (Å²) in [5, 5.41) is 11.0. The minimum Gasteiger partial charge on any atom is -0.385 e. The van der Waals surface area contributed by atoms with E-state index in [1.165, 1.54) is 0 Å². The monoisotopic (exact) mass is 367 g/mol. The van der Waals surface area contributed by atoms with Crippen LogP contribution in [0.3, 0.4) is 0 Å². The van der Waals surface area contributed by atoms with Gasteiger partial charge in [-0.25, -0.2) is 0 Å². The van der Waals surface area contributed by atoms with Gasteiger partial charge < -0.3 is 20.5 Å². The SMILES string of the molecule is CN=C(NCCCNc1ccccc1)NCc1cc(Cl)c(Cl)n1C. The molecule has 0 bridgehead atoms. The maximum Gasteiger partial charge on any atom is 0.191 e. The fraction of sp³-hybridized carbons (Fsp3) is 0.353. The fourth-order valence-corrected chi connectivity index (χ4v) is 2.65. The van der Waals surface area contributed by atoms with Crippen LogP contribution in [0.25, 0.3) is 0 Å². The molecule has 0 aliphatic rings. The Bertz CT molecular complexity index is 667. The number of benzene rings is 1. The van der Waals surface area contributed by atoms with Crippen molar-refractivity contribution in [2.24, 2.45) is 12.0 Å². The molecule has 1 aromatic heterocycles. The van der Waals surface area contributed by atoms with Crippen molar-refractivity contribution < 1.29 is 0 Å². The van der Waals surface area contributed by atoms with Gasteiger partial charge in [-0.15, -0.1) is 0 Å². The summed E-state index contributed by atoms with van der Waals surface area (Å²) >= 11 is 12.1. The Morgan fingerprint density at radius 2 is 1.88 bits per heavy atom. The smallest absolute Gasteiger partial charge is 0.191 e. The van der Waals surface area contributed by atoms with E-state index in [0.29, 0.717) is 16.7 Å². The highest BCUT2D eigenvalue weighted by Crippen LogP contribution is 2.24. The lowest BCUT2D eigenvalue weighted by Crippen LogP contribution is -2.38. The summed E-state index contributed by atoms with van der Waals surface area (Å²) in [6, 6.07) is 12.0. The molecule has 0 atom stereocenters. The number of aliphatic imine (C=N–C) groups is 1. The molecule has 0 spiro atoms. The summed E-state index contributed by atoms with van der Waals surface area (Å²) in [4.78, 5) is 4.22. The van der Waals surface area contributed by atoms with E-state index in [-0.39, 0.29) is 0 Å². The lowest BCUT2D eigenvalue weighted by atomic mass is 10.3. The summed E-state index contributed by atoms with van der Waals surface area (Å²) in [5.41, 5.74) is 2.14. The van der Waals surface area contributed by atoms with Gasteiger partial charge in [0.2, 0.25) is 0 Å². The Balaban J connectivity index is 1.68. The van der Waals surface area contributed by atoms with Crippen LogP contribution in [0.15, 0.2) is 41.4 Å². The molecule has 0 saturated heterocycles. The fourth-order valence-electron chi connectivity index (χ4n) is 2.24. The largest absolute Gasteiger partial charge is 0.385 e. The molecule has 2 rings (SSSR count). The van der Waals surface area contributed by atoms with Crippen LogP contribution in [0.4, 0.5) is 5.69 Å². The zero-order valence-electron chi connectivity index (χ0n) is 13.9. The zero-order chi connectivity index (χ0) is 17.4. The Hall–Kier alpha value is -1.85. The molecule has 0 saturated carbocycles. The molecule has 1 aromatic carbocycles. The minimum absolute atomic E-state index is 0.545. The van der Waals surface area contributed by atoms with Crippen molar-refractivity contribution >= 4 is 34.8 Å². The van der Waals surface area contributed by atoms with Gasteiger partial charge in [0.25, 0.3) is 0 Å². The minimum atomic E-state index is 0.545. The molecule has 2 aromatic rings. The summed E-state index contributed by atoms with van der Waals surface area (Å²) in [6.07, 6.45) is 0.984. The van der Waals surface area contributed by atoms with E-state index in [9.17, 15) is 0 Å². The van der Waals surface area contributed by atoms with Gasteiger partial charge in [-0.3, -0.25) is 4.99 Å². The van der Waals surface area contributed by atoms with E-state index >= 15 is 0 Å². The van der Waals surface area contributed by atoms with Crippen LogP contribution in [0, 0.1) is 0 Å². The number of halogens is 2. The number of hydrogen-bond acceptors (Lipinski definition) is 2. The van der Waals surface area contributed by atoms with Gasteiger partial charge in [0.15, 0.2) is 5.96 Å². The molecular weight excluding hydrogens is 345 g/mol. The first kappa shape index (κ1) is 18.5. The highest BCUT2D eigenvalue weighted by Gasteiger charge is 2.09. The number of nitrogens with zero attached hydrogens (tertiary/aromatic N) is 2. The highest BCUT2D eigenvalue weighted by atomic mass is 35.5. The predicted molar refractivity (Wildman–Crippen MR) is 103 cm³/mol. The van der Waals surface area contributed by atoms with Crippen LogP contribution in [0.1, 0.15) is 12.1 Å². The third-order valence-corrected chi connectivity index (χ3v) is 4.47. The molecular formula is C17H23Cl2N5. The lowest BCUT2D eigenvalue weighted by Gasteiger charge is -2.13. The molecule has 0 fully saturated rings. The number of anilines is 1. The third-order valence-electron chi connectivity index (χ3n) is 3.63. The van der Waals surface area contributed by atoms with Crippen molar-refractivity contribution in [1.82, 2.24) is 15.2 Å². The van der Waals surface area contributed by atoms with Gasteiger partial charge in [-0.1, -0.05) is 41.4 Å². The number of aromatic nitrogens is 1. The quantitative estimate of drug-likeness (QED) is 0.398. The van der Waals surface area contributed by atoms with Crippen molar-refractivity contribution in [2.45, 2.75) is 13.0 Å². The number of para-hydroxylation sites is 1. The number of hydrogen-bond donors (Lipinski definition) is 3. The van der Waals surface area contributed by atoms with E-state index < -0.39 is 0 Å². The molecule has 0 aliphatic carbocycles. The van der Waals surface area contributed by atoms with Crippen molar-refractivity contribution in [3.63, 3.8) is 0 Å². The molecule has 5 nitrogen and oxygen atoms in total. The Kier molecular flexibility index (Phi) is 7.28. The second kappa shape index (κ2) is 9.45. The second-order valence-electron chi connectivity index (χ2n) is 5.33. The van der Waals surface area contributed by atoms with E-state index in [2.05, 4.69) is 33.1 Å². The molecule has 0 unspecified atom stereocenters. The van der Waals surface area contributed by atoms with Crippen LogP contribution in [-0.4, -0.2) is 30.7 Å². The van der Waals surface area contributed by atoms with Crippen molar-refractivity contribution in [1.29, 1.82) is 0 Å². The summed E-state index contributed by atoms with van der Waals surface area (Å²) < 4.78 is 1.86. The topological polar surface area (TPSA) is 53.4 Å².